The summed E-state index contributed by atoms with van der Waals surface area (Å²) in [6.45, 7) is 8.84. The quantitative estimate of drug-likeness (QED) is 0.558. The van der Waals surface area contributed by atoms with Gasteiger partial charge in [0.1, 0.15) is 5.52 Å². The molecule has 1 amide bonds. The Morgan fingerprint density at radius 3 is 2.68 bits per heavy atom. The smallest absolute Gasteiger partial charge is 0.250 e. The zero-order chi connectivity index (χ0) is 17.5. The van der Waals surface area contributed by atoms with Crippen LogP contribution in [-0.4, -0.2) is 32.7 Å². The number of amides is 1. The Bertz CT molecular complexity index is 826. The second kappa shape index (κ2) is 7.02. The van der Waals surface area contributed by atoms with Crippen LogP contribution in [0.4, 0.5) is 0 Å². The lowest BCUT2D eigenvalue weighted by Crippen LogP contribution is -2.54. The summed E-state index contributed by atoms with van der Waals surface area (Å²) < 4.78 is 0. The van der Waals surface area contributed by atoms with E-state index in [1.54, 1.807) is 17.8 Å². The van der Waals surface area contributed by atoms with E-state index >= 15 is 0 Å². The number of primary amides is 1. The number of halogens is 1. The van der Waals surface area contributed by atoms with Gasteiger partial charge in [0.2, 0.25) is 0 Å². The molecule has 0 atom stereocenters. The van der Waals surface area contributed by atoms with Crippen LogP contribution >= 0.6 is 24.2 Å². The van der Waals surface area contributed by atoms with Crippen LogP contribution in [0.3, 0.4) is 0 Å². The van der Waals surface area contributed by atoms with Crippen molar-refractivity contribution in [2.24, 2.45) is 5.73 Å². The van der Waals surface area contributed by atoms with Crippen LogP contribution in [0.1, 0.15) is 44.5 Å². The highest BCUT2D eigenvalue weighted by atomic mass is 35.5. The van der Waals surface area contributed by atoms with E-state index in [4.69, 9.17) is 5.73 Å². The first-order valence-corrected chi connectivity index (χ1v) is 9.05. The number of nitrogens with zero attached hydrogens (tertiary/aromatic N) is 1. The van der Waals surface area contributed by atoms with Crippen LogP contribution in [0.2, 0.25) is 0 Å². The normalized spacial score (nSPS) is 18.5. The number of H-pyrrole nitrogens is 1. The minimum absolute atomic E-state index is 0. The average molecular weight is 381 g/mol. The first-order valence-electron chi connectivity index (χ1n) is 8.06. The van der Waals surface area contributed by atoms with Crippen LogP contribution in [0, 0.1) is 0 Å². The molecule has 3 rings (SSSR count). The number of carbonyl (C=O) groups is 1. The minimum Gasteiger partial charge on any atom is -0.366 e. The molecule has 1 aliphatic rings. The number of hydrogen-bond acceptors (Lipinski definition) is 4. The lowest BCUT2D eigenvalue weighted by molar-refractivity contribution is 0.100. The number of para-hydroxylation sites is 1. The van der Waals surface area contributed by atoms with Gasteiger partial charge in [-0.15, -0.1) is 12.4 Å². The monoisotopic (exact) mass is 380 g/mol. The largest absolute Gasteiger partial charge is 0.366 e. The number of aromatic nitrogens is 2. The van der Waals surface area contributed by atoms with Crippen molar-refractivity contribution in [3.63, 3.8) is 0 Å². The minimum atomic E-state index is -0.451. The van der Waals surface area contributed by atoms with Crippen molar-refractivity contribution in [2.75, 3.05) is 5.75 Å². The number of hydrogen-bond donors (Lipinski definition) is 3. The van der Waals surface area contributed by atoms with Gasteiger partial charge in [0.05, 0.1) is 11.1 Å². The van der Waals surface area contributed by atoms with E-state index in [9.17, 15) is 4.79 Å². The Hall–Kier alpha value is -1.50. The zero-order valence-corrected chi connectivity index (χ0v) is 16.6. The molecule has 4 N–H and O–H groups in total. The van der Waals surface area contributed by atoms with Crippen molar-refractivity contribution in [1.29, 1.82) is 0 Å². The Labute approximate surface area is 158 Å². The highest BCUT2D eigenvalue weighted by molar-refractivity contribution is 7.99. The maximum Gasteiger partial charge on any atom is 0.250 e. The molecule has 0 bridgehead atoms. The van der Waals surface area contributed by atoms with Gasteiger partial charge in [0.25, 0.3) is 5.91 Å². The number of carbonyl (C=O) groups excluding carboxylic acids is 1. The molecule has 0 aliphatic carbocycles. The van der Waals surface area contributed by atoms with Gasteiger partial charge in [-0.1, -0.05) is 29.5 Å². The molecule has 2 aromatic rings. The number of benzene rings is 1. The number of imidazole rings is 1. The molecule has 0 unspecified atom stereocenters. The molecule has 1 aromatic carbocycles. The number of rotatable bonds is 4. The third-order valence-electron chi connectivity index (χ3n) is 4.05. The fraction of sp³-hybridized carbons (Fsp3) is 0.444. The summed E-state index contributed by atoms with van der Waals surface area (Å²) in [4.78, 5) is 19.3. The molecule has 1 aliphatic heterocycles. The van der Waals surface area contributed by atoms with Crippen LogP contribution in [0.5, 0.6) is 0 Å². The average Bonchev–Trinajstić information content (AvgIpc) is 2.84. The highest BCUT2D eigenvalue weighted by Gasteiger charge is 2.31. The Morgan fingerprint density at radius 2 is 2.04 bits per heavy atom. The van der Waals surface area contributed by atoms with Crippen molar-refractivity contribution in [1.82, 2.24) is 15.3 Å². The first-order chi connectivity index (χ1) is 11.2. The molecule has 0 saturated heterocycles. The molecule has 0 spiro atoms. The molecule has 5 nitrogen and oxygen atoms in total. The fourth-order valence-electron chi connectivity index (χ4n) is 3.61. The van der Waals surface area contributed by atoms with E-state index in [2.05, 4.69) is 49.1 Å². The van der Waals surface area contributed by atoms with Crippen molar-refractivity contribution < 1.29 is 4.79 Å². The standard InChI is InChI=1S/C18H24N4OS.ClH/c1-17(2)8-11(9-18(3,4)22-17)10-24-16-20-13-7-5-6-12(15(19)23)14(13)21-16;/h5-8,22H,9-10H2,1-4H3,(H2,19,23)(H,20,21);1H. The SMILES string of the molecule is CC1(C)C=C(CSc2nc3c(C(N)=O)cccc3[nH]2)CC(C)(C)N1.Cl. The highest BCUT2D eigenvalue weighted by Crippen LogP contribution is 2.31. The number of thioether (sulfide) groups is 1. The molecule has 0 saturated carbocycles. The predicted molar refractivity (Wildman–Crippen MR) is 107 cm³/mol. The molecule has 0 radical (unpaired) electrons. The zero-order valence-electron chi connectivity index (χ0n) is 15.0. The topological polar surface area (TPSA) is 83.8 Å². The summed E-state index contributed by atoms with van der Waals surface area (Å²) in [5.41, 5.74) is 8.85. The predicted octanol–water partition coefficient (Wildman–Crippen LogP) is 3.65. The van der Waals surface area contributed by atoms with Crippen molar-refractivity contribution >= 4 is 41.1 Å². The third kappa shape index (κ3) is 4.57. The maximum absolute atomic E-state index is 11.5. The Kier molecular flexibility index (Phi) is 5.56. The number of nitrogens with two attached hydrogens (primary N) is 1. The number of nitrogens with one attached hydrogen (secondary N) is 2. The first kappa shape index (κ1) is 19.8. The van der Waals surface area contributed by atoms with Gasteiger partial charge in [-0.05, 0) is 46.2 Å². The van der Waals surface area contributed by atoms with E-state index in [1.807, 2.05) is 12.1 Å². The summed E-state index contributed by atoms with van der Waals surface area (Å²) in [6, 6.07) is 5.44. The Morgan fingerprint density at radius 1 is 1.32 bits per heavy atom. The molecule has 25 heavy (non-hydrogen) atoms. The molecule has 136 valence electrons. The van der Waals surface area contributed by atoms with Gasteiger partial charge < -0.3 is 16.0 Å². The Balaban J connectivity index is 0.00000225. The number of aromatic amines is 1. The summed E-state index contributed by atoms with van der Waals surface area (Å²) in [7, 11) is 0. The van der Waals surface area contributed by atoms with E-state index in [-0.39, 0.29) is 23.5 Å². The van der Waals surface area contributed by atoms with Gasteiger partial charge in [0, 0.05) is 16.8 Å². The van der Waals surface area contributed by atoms with Gasteiger partial charge in [-0.2, -0.15) is 0 Å². The van der Waals surface area contributed by atoms with Crippen molar-refractivity contribution in [3.05, 3.63) is 35.4 Å². The molecule has 7 heteroatoms. The van der Waals surface area contributed by atoms with E-state index < -0.39 is 5.91 Å². The van der Waals surface area contributed by atoms with Gasteiger partial charge >= 0.3 is 0 Å². The molecular formula is C18H25ClN4OS. The molecular weight excluding hydrogens is 356 g/mol. The molecule has 0 fully saturated rings. The van der Waals surface area contributed by atoms with Gasteiger partial charge in [0.15, 0.2) is 5.16 Å². The lowest BCUT2D eigenvalue weighted by Gasteiger charge is -2.41. The summed E-state index contributed by atoms with van der Waals surface area (Å²) in [6.07, 6.45) is 3.32. The number of fused-ring (bicyclic) bond motifs is 1. The molecule has 2 heterocycles. The van der Waals surface area contributed by atoms with Crippen LogP contribution in [0.15, 0.2) is 35.0 Å². The van der Waals surface area contributed by atoms with Crippen molar-refractivity contribution in [3.8, 4) is 0 Å². The van der Waals surface area contributed by atoms with Crippen LogP contribution < -0.4 is 11.1 Å². The van der Waals surface area contributed by atoms with Crippen molar-refractivity contribution in [2.45, 2.75) is 50.4 Å². The van der Waals surface area contributed by atoms with Crippen LogP contribution in [-0.2, 0) is 0 Å². The second-order valence-corrected chi connectivity index (χ2v) is 8.57. The van der Waals surface area contributed by atoms with E-state index in [0.717, 1.165) is 22.8 Å². The van der Waals surface area contributed by atoms with E-state index in [0.29, 0.717) is 11.1 Å². The van der Waals surface area contributed by atoms with Gasteiger partial charge in [-0.25, -0.2) is 4.98 Å². The van der Waals surface area contributed by atoms with Gasteiger partial charge in [-0.3, -0.25) is 4.79 Å². The summed E-state index contributed by atoms with van der Waals surface area (Å²) in [5, 5.41) is 4.45. The maximum atomic E-state index is 11.5. The summed E-state index contributed by atoms with van der Waals surface area (Å²) in [5.74, 6) is 0.425. The summed E-state index contributed by atoms with van der Waals surface area (Å²) >= 11 is 1.66. The van der Waals surface area contributed by atoms with Crippen LogP contribution in [0.25, 0.3) is 11.0 Å². The van der Waals surface area contributed by atoms with E-state index in [1.165, 1.54) is 5.57 Å². The second-order valence-electron chi connectivity index (χ2n) is 7.61. The fourth-order valence-corrected chi connectivity index (χ4v) is 4.46. The third-order valence-corrected chi connectivity index (χ3v) is 5.03. The molecule has 1 aromatic heterocycles. The lowest BCUT2D eigenvalue weighted by atomic mass is 9.84.